The highest BCUT2D eigenvalue weighted by molar-refractivity contribution is 6.03. The SMILES string of the molecule is C[C@@]12C=CC3(O1)C(C(=O)NC1CCCCC1)N(C1CCCCCC1)C(=O)[C@@H]3C2C(=O)Nc1ccc(F)cc1. The highest BCUT2D eigenvalue weighted by Crippen LogP contribution is 2.60. The summed E-state index contributed by atoms with van der Waals surface area (Å²) in [6.07, 6.45) is 15.0. The standard InChI is InChI=1S/C30H38FN3O4/c1-29-17-18-30(38-29)24(23(29)26(35)32-21-15-13-19(31)14-16-21)28(37)34(22-11-7-2-3-8-12-22)25(30)27(36)33-20-9-5-4-6-10-20/h13-18,20,22-25H,2-12H2,1H3,(H,32,35)(H,33,36)/t23?,24-,25?,29-,30?/m0/s1. The summed E-state index contributed by atoms with van der Waals surface area (Å²) in [5.41, 5.74) is -1.73. The van der Waals surface area contributed by atoms with Gasteiger partial charge in [0.1, 0.15) is 17.5 Å². The van der Waals surface area contributed by atoms with E-state index >= 15 is 0 Å². The average molecular weight is 524 g/mol. The Kier molecular flexibility index (Phi) is 6.57. The molecule has 5 aliphatic rings. The molecule has 3 aliphatic heterocycles. The number of ether oxygens (including phenoxy) is 1. The van der Waals surface area contributed by atoms with E-state index in [1.54, 1.807) is 0 Å². The van der Waals surface area contributed by atoms with Crippen molar-refractivity contribution in [1.82, 2.24) is 10.2 Å². The van der Waals surface area contributed by atoms with Crippen molar-refractivity contribution in [2.45, 2.75) is 107 Å². The topological polar surface area (TPSA) is 87.7 Å². The van der Waals surface area contributed by atoms with Crippen LogP contribution in [-0.2, 0) is 19.1 Å². The summed E-state index contributed by atoms with van der Waals surface area (Å²) in [5.74, 6) is -2.65. The molecule has 8 heteroatoms. The summed E-state index contributed by atoms with van der Waals surface area (Å²) in [6.45, 7) is 1.82. The maximum atomic E-state index is 14.3. The number of carbonyl (C=O) groups excluding carboxylic acids is 3. The number of rotatable bonds is 5. The molecule has 3 heterocycles. The van der Waals surface area contributed by atoms with E-state index in [0.29, 0.717) is 5.69 Å². The lowest BCUT2D eigenvalue weighted by atomic mass is 9.70. The van der Waals surface area contributed by atoms with Crippen molar-refractivity contribution < 1.29 is 23.5 Å². The number of fused-ring (bicyclic) bond motifs is 1. The Hall–Kier alpha value is -2.74. The molecule has 38 heavy (non-hydrogen) atoms. The van der Waals surface area contributed by atoms with E-state index in [0.717, 1.165) is 64.2 Å². The maximum Gasteiger partial charge on any atom is 0.246 e. The lowest BCUT2D eigenvalue weighted by Gasteiger charge is -2.38. The Labute approximate surface area is 223 Å². The minimum absolute atomic E-state index is 0.0447. The number of carbonyl (C=O) groups is 3. The van der Waals surface area contributed by atoms with Crippen molar-refractivity contribution in [1.29, 1.82) is 0 Å². The second-order valence-electron chi connectivity index (χ2n) is 12.1. The third kappa shape index (κ3) is 4.16. The number of amides is 3. The molecule has 7 nitrogen and oxygen atoms in total. The fraction of sp³-hybridized carbons (Fsp3) is 0.633. The van der Waals surface area contributed by atoms with E-state index in [2.05, 4.69) is 10.6 Å². The van der Waals surface area contributed by atoms with Gasteiger partial charge in [-0.3, -0.25) is 14.4 Å². The van der Waals surface area contributed by atoms with Crippen molar-refractivity contribution in [3.8, 4) is 0 Å². The van der Waals surface area contributed by atoms with Gasteiger partial charge in [-0.1, -0.05) is 57.1 Å². The number of halogens is 1. The fourth-order valence-corrected chi connectivity index (χ4v) is 7.78. The Morgan fingerprint density at radius 3 is 2.24 bits per heavy atom. The van der Waals surface area contributed by atoms with E-state index < -0.39 is 34.9 Å². The molecule has 2 bridgehead atoms. The van der Waals surface area contributed by atoms with Gasteiger partial charge in [0.05, 0.1) is 17.4 Å². The van der Waals surface area contributed by atoms with Gasteiger partial charge in [0.25, 0.3) is 0 Å². The normalized spacial score (nSPS) is 35.3. The quantitative estimate of drug-likeness (QED) is 0.440. The molecule has 5 atom stereocenters. The fourth-order valence-electron chi connectivity index (χ4n) is 7.78. The highest BCUT2D eigenvalue weighted by Gasteiger charge is 2.76. The summed E-state index contributed by atoms with van der Waals surface area (Å²) in [4.78, 5) is 43.9. The van der Waals surface area contributed by atoms with Crippen LogP contribution in [0, 0.1) is 17.7 Å². The van der Waals surface area contributed by atoms with Gasteiger partial charge in [0.15, 0.2) is 0 Å². The molecule has 1 aromatic rings. The molecule has 0 aromatic heterocycles. The Morgan fingerprint density at radius 1 is 0.921 bits per heavy atom. The van der Waals surface area contributed by atoms with Gasteiger partial charge < -0.3 is 20.3 Å². The van der Waals surface area contributed by atoms with Crippen molar-refractivity contribution in [3.63, 3.8) is 0 Å². The van der Waals surface area contributed by atoms with E-state index in [1.165, 1.54) is 30.7 Å². The predicted octanol–water partition coefficient (Wildman–Crippen LogP) is 4.48. The number of anilines is 1. The zero-order valence-corrected chi connectivity index (χ0v) is 22.1. The molecule has 6 rings (SSSR count). The molecule has 4 fully saturated rings. The largest absolute Gasteiger partial charge is 0.356 e. The minimum atomic E-state index is -1.18. The number of benzene rings is 1. The van der Waals surface area contributed by atoms with E-state index in [-0.39, 0.29) is 29.8 Å². The summed E-state index contributed by atoms with van der Waals surface area (Å²) in [5, 5.41) is 6.15. The smallest absolute Gasteiger partial charge is 0.246 e. The van der Waals surface area contributed by atoms with Crippen LogP contribution < -0.4 is 10.6 Å². The molecule has 2 N–H and O–H groups in total. The van der Waals surface area contributed by atoms with Crippen LogP contribution in [-0.4, -0.2) is 51.9 Å². The van der Waals surface area contributed by atoms with Gasteiger partial charge >= 0.3 is 0 Å². The van der Waals surface area contributed by atoms with Gasteiger partial charge in [-0.15, -0.1) is 0 Å². The summed E-state index contributed by atoms with van der Waals surface area (Å²) in [6, 6.07) is 4.84. The minimum Gasteiger partial charge on any atom is -0.356 e. The van der Waals surface area contributed by atoms with Gasteiger partial charge in [-0.05, 0) is 56.9 Å². The molecule has 3 unspecified atom stereocenters. The lowest BCUT2D eigenvalue weighted by Crippen LogP contribution is -2.58. The van der Waals surface area contributed by atoms with Crippen molar-refractivity contribution >= 4 is 23.4 Å². The van der Waals surface area contributed by atoms with E-state index in [1.807, 2.05) is 24.0 Å². The van der Waals surface area contributed by atoms with E-state index in [4.69, 9.17) is 4.74 Å². The van der Waals surface area contributed by atoms with Crippen LogP contribution in [0.2, 0.25) is 0 Å². The van der Waals surface area contributed by atoms with Crippen LogP contribution >= 0.6 is 0 Å². The van der Waals surface area contributed by atoms with Crippen LogP contribution in [0.15, 0.2) is 36.4 Å². The molecule has 0 radical (unpaired) electrons. The van der Waals surface area contributed by atoms with Gasteiger partial charge in [0, 0.05) is 17.8 Å². The number of likely N-dealkylation sites (tertiary alicyclic amines) is 1. The lowest BCUT2D eigenvalue weighted by molar-refractivity contribution is -0.147. The van der Waals surface area contributed by atoms with Crippen LogP contribution in [0.5, 0.6) is 0 Å². The first kappa shape index (κ1) is 25.5. The molecule has 2 aliphatic carbocycles. The van der Waals surface area contributed by atoms with Crippen LogP contribution in [0.1, 0.15) is 77.6 Å². The second-order valence-corrected chi connectivity index (χ2v) is 12.1. The van der Waals surface area contributed by atoms with Gasteiger partial charge in [-0.2, -0.15) is 0 Å². The Bertz CT molecular complexity index is 1120. The average Bonchev–Trinajstić information content (AvgIpc) is 3.34. The summed E-state index contributed by atoms with van der Waals surface area (Å²) >= 11 is 0. The predicted molar refractivity (Wildman–Crippen MR) is 141 cm³/mol. The zero-order valence-electron chi connectivity index (χ0n) is 22.1. The van der Waals surface area contributed by atoms with Gasteiger partial charge in [0.2, 0.25) is 17.7 Å². The second kappa shape index (κ2) is 9.78. The molecule has 1 spiro atoms. The first-order valence-electron chi connectivity index (χ1n) is 14.4. The van der Waals surface area contributed by atoms with Crippen LogP contribution in [0.4, 0.5) is 10.1 Å². The monoisotopic (exact) mass is 523 g/mol. The van der Waals surface area contributed by atoms with Crippen molar-refractivity contribution in [2.24, 2.45) is 11.8 Å². The van der Waals surface area contributed by atoms with Gasteiger partial charge in [-0.25, -0.2) is 4.39 Å². The number of hydrogen-bond donors (Lipinski definition) is 2. The maximum absolute atomic E-state index is 14.3. The van der Waals surface area contributed by atoms with Crippen molar-refractivity contribution in [3.05, 3.63) is 42.2 Å². The first-order valence-corrected chi connectivity index (χ1v) is 14.4. The molecule has 1 aromatic carbocycles. The Balaban J connectivity index is 1.35. The van der Waals surface area contributed by atoms with Crippen molar-refractivity contribution in [2.75, 3.05) is 5.32 Å². The van der Waals surface area contributed by atoms with Crippen LogP contribution in [0.25, 0.3) is 0 Å². The zero-order chi connectivity index (χ0) is 26.5. The third-order valence-electron chi connectivity index (χ3n) is 9.55. The molecule has 3 amide bonds. The van der Waals surface area contributed by atoms with E-state index in [9.17, 15) is 18.8 Å². The summed E-state index contributed by atoms with van der Waals surface area (Å²) in [7, 11) is 0. The summed E-state index contributed by atoms with van der Waals surface area (Å²) < 4.78 is 20.1. The number of hydrogen-bond acceptors (Lipinski definition) is 4. The number of nitrogens with zero attached hydrogens (tertiary/aromatic N) is 1. The third-order valence-corrected chi connectivity index (χ3v) is 9.55. The first-order chi connectivity index (χ1) is 18.3. The molecule has 204 valence electrons. The number of nitrogens with one attached hydrogen (secondary N) is 2. The Morgan fingerprint density at radius 2 is 1.55 bits per heavy atom. The molecule has 2 saturated carbocycles. The highest BCUT2D eigenvalue weighted by atomic mass is 19.1. The molecular formula is C30H38FN3O4. The molecule has 2 saturated heterocycles. The molecular weight excluding hydrogens is 485 g/mol. The van der Waals surface area contributed by atoms with Crippen LogP contribution in [0.3, 0.4) is 0 Å².